The predicted octanol–water partition coefficient (Wildman–Crippen LogP) is 0.523. The molecule has 90 valence electrons. The number of ether oxygens (including phenoxy) is 1. The van der Waals surface area contributed by atoms with E-state index in [0.29, 0.717) is 5.69 Å². The van der Waals surface area contributed by atoms with E-state index in [9.17, 15) is 9.59 Å². The minimum atomic E-state index is -0.895. The highest BCUT2D eigenvalue weighted by molar-refractivity contribution is 6.37. The summed E-state index contributed by atoms with van der Waals surface area (Å²) in [7, 11) is 1.17. The molecule has 1 amide bonds. The van der Waals surface area contributed by atoms with E-state index in [1.54, 1.807) is 12.1 Å². The van der Waals surface area contributed by atoms with Crippen molar-refractivity contribution in [2.45, 2.75) is 6.92 Å². The van der Waals surface area contributed by atoms with Crippen LogP contribution in [0.25, 0.3) is 0 Å². The summed E-state index contributed by atoms with van der Waals surface area (Å²) in [5, 5.41) is 2.45. The van der Waals surface area contributed by atoms with Gasteiger partial charge in [-0.1, -0.05) is 18.2 Å². The highest BCUT2D eigenvalue weighted by atomic mass is 16.5. The van der Waals surface area contributed by atoms with Crippen LogP contribution in [0.3, 0.4) is 0 Å². The Morgan fingerprint density at radius 3 is 2.24 bits per heavy atom. The van der Waals surface area contributed by atoms with Gasteiger partial charge in [0, 0.05) is 5.69 Å². The number of hydrogen-bond donors (Lipinski definition) is 1. The van der Waals surface area contributed by atoms with E-state index in [4.69, 9.17) is 9.59 Å². The van der Waals surface area contributed by atoms with Gasteiger partial charge in [0.05, 0.1) is 7.11 Å². The van der Waals surface area contributed by atoms with Crippen molar-refractivity contribution in [1.82, 2.24) is 0 Å². The Hall–Kier alpha value is -2.46. The average Bonchev–Trinajstić information content (AvgIpc) is 2.32. The van der Waals surface area contributed by atoms with Gasteiger partial charge >= 0.3 is 18.0 Å². The molecule has 0 bridgehead atoms. The van der Waals surface area contributed by atoms with Crippen molar-refractivity contribution in [3.63, 3.8) is 0 Å². The number of aryl methyl sites for hydroxylation is 1. The lowest BCUT2D eigenvalue weighted by atomic mass is 10.2. The molecule has 0 spiro atoms. The number of methoxy groups -OCH3 is 1. The van der Waals surface area contributed by atoms with Crippen LogP contribution < -0.4 is 5.32 Å². The Morgan fingerprint density at radius 1 is 1.24 bits per heavy atom. The second kappa shape index (κ2) is 7.78. The number of rotatable bonds is 1. The van der Waals surface area contributed by atoms with Gasteiger partial charge in [0.15, 0.2) is 0 Å². The van der Waals surface area contributed by atoms with Crippen LogP contribution in [-0.4, -0.2) is 25.1 Å². The maximum atomic E-state index is 11.1. The minimum Gasteiger partial charge on any atom is -0.462 e. The third-order valence-electron chi connectivity index (χ3n) is 1.76. The van der Waals surface area contributed by atoms with E-state index in [0.717, 1.165) is 5.56 Å². The summed E-state index contributed by atoms with van der Waals surface area (Å²) >= 11 is 0. The normalized spacial score (nSPS) is 8.12. The van der Waals surface area contributed by atoms with Crippen molar-refractivity contribution in [3.05, 3.63) is 29.8 Å². The average molecular weight is 237 g/mol. The first-order valence-corrected chi connectivity index (χ1v) is 4.51. The van der Waals surface area contributed by atoms with Crippen LogP contribution in [0.15, 0.2) is 24.3 Å². The standard InChI is InChI=1S/C10H11NO3.CO2/c1-7-5-3-4-6-8(7)11-9(12)10(13)14-2;2-1-3/h3-6H,1-2H3,(H,11,12);. The molecule has 0 aromatic heterocycles. The third-order valence-corrected chi connectivity index (χ3v) is 1.76. The largest absolute Gasteiger partial charge is 0.462 e. The van der Waals surface area contributed by atoms with E-state index < -0.39 is 11.9 Å². The number of para-hydroxylation sites is 1. The van der Waals surface area contributed by atoms with Crippen LogP contribution in [0.2, 0.25) is 0 Å². The number of benzene rings is 1. The van der Waals surface area contributed by atoms with E-state index in [2.05, 4.69) is 10.1 Å². The molecule has 0 heterocycles. The number of esters is 1. The molecule has 0 saturated carbocycles. The molecular weight excluding hydrogens is 226 g/mol. The molecule has 1 aromatic rings. The Morgan fingerprint density at radius 2 is 1.76 bits per heavy atom. The topological polar surface area (TPSA) is 89.5 Å². The molecular formula is C11H11NO5. The molecule has 1 rings (SSSR count). The number of carbonyl (C=O) groups excluding carboxylic acids is 4. The molecule has 0 fully saturated rings. The lowest BCUT2D eigenvalue weighted by Gasteiger charge is -2.05. The summed E-state index contributed by atoms with van der Waals surface area (Å²) in [5.41, 5.74) is 1.51. The fraction of sp³-hybridized carbons (Fsp3) is 0.182. The zero-order valence-electron chi connectivity index (χ0n) is 9.35. The SMILES string of the molecule is COC(=O)C(=O)Nc1ccccc1C.O=C=O. The molecule has 6 heteroatoms. The first-order valence-electron chi connectivity index (χ1n) is 4.51. The zero-order chi connectivity index (χ0) is 13.3. The summed E-state index contributed by atoms with van der Waals surface area (Å²) in [6.07, 6.45) is 0.250. The molecule has 6 nitrogen and oxygen atoms in total. The third kappa shape index (κ3) is 5.25. The van der Waals surface area contributed by atoms with Crippen LogP contribution in [-0.2, 0) is 23.9 Å². The Balaban J connectivity index is 0.000000770. The molecule has 1 aromatic carbocycles. The number of hydrogen-bond acceptors (Lipinski definition) is 5. The number of anilines is 1. The van der Waals surface area contributed by atoms with E-state index in [-0.39, 0.29) is 6.15 Å². The van der Waals surface area contributed by atoms with Crippen LogP contribution >= 0.6 is 0 Å². The van der Waals surface area contributed by atoms with Crippen LogP contribution in [0, 0.1) is 6.92 Å². The van der Waals surface area contributed by atoms with Gasteiger partial charge in [-0.3, -0.25) is 4.79 Å². The summed E-state index contributed by atoms with van der Waals surface area (Å²) in [4.78, 5) is 38.2. The van der Waals surface area contributed by atoms with Gasteiger partial charge in [0.1, 0.15) is 0 Å². The quantitative estimate of drug-likeness (QED) is 0.568. The van der Waals surface area contributed by atoms with Gasteiger partial charge in [-0.2, -0.15) is 9.59 Å². The molecule has 1 N–H and O–H groups in total. The van der Waals surface area contributed by atoms with Crippen LogP contribution in [0.5, 0.6) is 0 Å². The fourth-order valence-electron chi connectivity index (χ4n) is 0.979. The molecule has 0 aliphatic rings. The zero-order valence-corrected chi connectivity index (χ0v) is 9.35. The van der Waals surface area contributed by atoms with Gasteiger partial charge in [-0.15, -0.1) is 0 Å². The lowest BCUT2D eigenvalue weighted by Crippen LogP contribution is -2.24. The molecule has 0 aliphatic carbocycles. The minimum absolute atomic E-state index is 0.250. The lowest BCUT2D eigenvalue weighted by molar-refractivity contribution is -0.191. The first kappa shape index (κ1) is 14.5. The Bertz CT molecular complexity index is 435. The molecule has 0 atom stereocenters. The van der Waals surface area contributed by atoms with Crippen LogP contribution in [0.1, 0.15) is 5.56 Å². The van der Waals surface area contributed by atoms with Gasteiger partial charge in [0.25, 0.3) is 0 Å². The summed E-state index contributed by atoms with van der Waals surface area (Å²) < 4.78 is 4.27. The van der Waals surface area contributed by atoms with E-state index in [1.807, 2.05) is 19.1 Å². The Labute approximate surface area is 97.6 Å². The maximum absolute atomic E-state index is 11.1. The second-order valence-electron chi connectivity index (χ2n) is 2.84. The Kier molecular flexibility index (Phi) is 6.66. The summed E-state index contributed by atoms with van der Waals surface area (Å²) in [5.74, 6) is -1.66. The number of amides is 1. The molecule has 0 saturated heterocycles. The molecule has 0 aliphatic heterocycles. The van der Waals surface area contributed by atoms with Gasteiger partial charge in [-0.25, -0.2) is 4.79 Å². The van der Waals surface area contributed by atoms with Crippen molar-refractivity contribution < 1.29 is 23.9 Å². The molecule has 0 radical (unpaired) electrons. The maximum Gasteiger partial charge on any atom is 0.396 e. The van der Waals surface area contributed by atoms with Gasteiger partial charge < -0.3 is 10.1 Å². The monoisotopic (exact) mass is 237 g/mol. The first-order chi connectivity index (χ1) is 8.06. The van der Waals surface area contributed by atoms with Crippen molar-refractivity contribution >= 4 is 23.7 Å². The summed E-state index contributed by atoms with van der Waals surface area (Å²) in [6, 6.07) is 7.19. The van der Waals surface area contributed by atoms with Crippen molar-refractivity contribution in [1.29, 1.82) is 0 Å². The van der Waals surface area contributed by atoms with Gasteiger partial charge in [-0.05, 0) is 18.6 Å². The molecule has 17 heavy (non-hydrogen) atoms. The smallest absolute Gasteiger partial charge is 0.396 e. The number of carbonyl (C=O) groups is 2. The number of nitrogens with one attached hydrogen (secondary N) is 1. The highest BCUT2D eigenvalue weighted by Gasteiger charge is 2.13. The van der Waals surface area contributed by atoms with E-state index >= 15 is 0 Å². The van der Waals surface area contributed by atoms with Crippen molar-refractivity contribution in [2.75, 3.05) is 12.4 Å². The van der Waals surface area contributed by atoms with Crippen molar-refractivity contribution in [3.8, 4) is 0 Å². The van der Waals surface area contributed by atoms with Crippen molar-refractivity contribution in [2.24, 2.45) is 0 Å². The van der Waals surface area contributed by atoms with Crippen LogP contribution in [0.4, 0.5) is 5.69 Å². The second-order valence-corrected chi connectivity index (χ2v) is 2.84. The van der Waals surface area contributed by atoms with Gasteiger partial charge in [0.2, 0.25) is 0 Å². The van der Waals surface area contributed by atoms with E-state index in [1.165, 1.54) is 7.11 Å². The summed E-state index contributed by atoms with van der Waals surface area (Å²) in [6.45, 7) is 1.84. The molecule has 0 unspecified atom stereocenters. The fourth-order valence-corrected chi connectivity index (χ4v) is 0.979. The predicted molar refractivity (Wildman–Crippen MR) is 56.8 cm³/mol. The highest BCUT2D eigenvalue weighted by Crippen LogP contribution is 2.12.